The van der Waals surface area contributed by atoms with E-state index in [1.54, 1.807) is 12.8 Å². The SMILES string of the molecule is CC(=O)OCC1[CH][CH]C(n2nnc3c(nnn3COC(C)=O)c2=O)O1. The zero-order chi connectivity index (χ0) is 18.0. The fourth-order valence-corrected chi connectivity index (χ4v) is 2.11. The molecule has 0 spiro atoms. The van der Waals surface area contributed by atoms with E-state index in [0.29, 0.717) is 0 Å². The van der Waals surface area contributed by atoms with Gasteiger partial charge in [-0.05, 0) is 0 Å². The number of hydrogen-bond donors (Lipinski definition) is 0. The number of fused-ring (bicyclic) bond motifs is 1. The summed E-state index contributed by atoms with van der Waals surface area (Å²) < 4.78 is 17.3. The summed E-state index contributed by atoms with van der Waals surface area (Å²) in [4.78, 5) is 34.2. The minimum atomic E-state index is -0.802. The van der Waals surface area contributed by atoms with Crippen LogP contribution in [0.15, 0.2) is 4.79 Å². The highest BCUT2D eigenvalue weighted by Gasteiger charge is 2.30. The van der Waals surface area contributed by atoms with Gasteiger partial charge in [-0.25, -0.2) is 0 Å². The summed E-state index contributed by atoms with van der Waals surface area (Å²) in [6, 6.07) is 0. The number of carbonyl (C=O) groups is 2. The van der Waals surface area contributed by atoms with Crippen molar-refractivity contribution in [3.63, 3.8) is 0 Å². The summed E-state index contributed by atoms with van der Waals surface area (Å²) >= 11 is 0. The van der Waals surface area contributed by atoms with Crippen LogP contribution >= 0.6 is 0 Å². The van der Waals surface area contributed by atoms with Gasteiger partial charge in [0, 0.05) is 26.7 Å². The lowest BCUT2D eigenvalue weighted by atomic mass is 10.2. The Balaban J connectivity index is 1.77. The summed E-state index contributed by atoms with van der Waals surface area (Å²) in [7, 11) is 0. The first-order chi connectivity index (χ1) is 12.0. The lowest BCUT2D eigenvalue weighted by Gasteiger charge is -2.13. The zero-order valence-electron chi connectivity index (χ0n) is 13.4. The Labute approximate surface area is 140 Å². The van der Waals surface area contributed by atoms with Gasteiger partial charge in [-0.1, -0.05) is 10.4 Å². The smallest absolute Gasteiger partial charge is 0.304 e. The highest BCUT2D eigenvalue weighted by Crippen LogP contribution is 2.24. The van der Waals surface area contributed by atoms with Gasteiger partial charge in [-0.2, -0.15) is 9.36 Å². The van der Waals surface area contributed by atoms with Gasteiger partial charge in [0.1, 0.15) is 6.61 Å². The zero-order valence-corrected chi connectivity index (χ0v) is 13.4. The van der Waals surface area contributed by atoms with Crippen molar-refractivity contribution in [1.29, 1.82) is 0 Å². The van der Waals surface area contributed by atoms with E-state index in [-0.39, 0.29) is 24.5 Å². The van der Waals surface area contributed by atoms with Crippen molar-refractivity contribution in [2.45, 2.75) is 32.9 Å². The van der Waals surface area contributed by atoms with E-state index >= 15 is 0 Å². The molecule has 0 bridgehead atoms. The first-order valence-corrected chi connectivity index (χ1v) is 7.25. The second kappa shape index (κ2) is 6.93. The molecule has 0 aromatic carbocycles. The van der Waals surface area contributed by atoms with Crippen molar-refractivity contribution in [2.75, 3.05) is 6.61 Å². The summed E-state index contributed by atoms with van der Waals surface area (Å²) in [6.07, 6.45) is 1.96. The van der Waals surface area contributed by atoms with Crippen LogP contribution in [0, 0.1) is 12.8 Å². The minimum Gasteiger partial charge on any atom is -0.463 e. The molecule has 1 fully saturated rings. The molecule has 2 unspecified atom stereocenters. The van der Waals surface area contributed by atoms with E-state index in [1.807, 2.05) is 0 Å². The molecule has 132 valence electrons. The molecule has 0 amide bonds. The summed E-state index contributed by atoms with van der Waals surface area (Å²) in [5.74, 6) is -0.934. The van der Waals surface area contributed by atoms with Crippen molar-refractivity contribution in [1.82, 2.24) is 30.0 Å². The second-order valence-corrected chi connectivity index (χ2v) is 5.12. The number of carbonyl (C=O) groups excluding carboxylic acids is 2. The molecule has 12 nitrogen and oxygen atoms in total. The summed E-state index contributed by atoms with van der Waals surface area (Å²) in [5.41, 5.74) is -0.523. The third-order valence-corrected chi connectivity index (χ3v) is 3.24. The van der Waals surface area contributed by atoms with Gasteiger partial charge in [0.15, 0.2) is 13.0 Å². The third-order valence-electron chi connectivity index (χ3n) is 3.24. The van der Waals surface area contributed by atoms with E-state index in [0.717, 1.165) is 9.36 Å². The predicted octanol–water partition coefficient (Wildman–Crippen LogP) is -1.23. The van der Waals surface area contributed by atoms with Gasteiger partial charge in [0.05, 0.1) is 6.10 Å². The minimum absolute atomic E-state index is 0.0331. The third kappa shape index (κ3) is 3.63. The van der Waals surface area contributed by atoms with Crippen LogP contribution in [0.1, 0.15) is 20.1 Å². The Morgan fingerprint density at radius 3 is 2.64 bits per heavy atom. The molecule has 12 heteroatoms. The van der Waals surface area contributed by atoms with E-state index < -0.39 is 29.8 Å². The van der Waals surface area contributed by atoms with Crippen molar-refractivity contribution >= 4 is 23.1 Å². The Bertz CT molecular complexity index is 860. The molecule has 2 aromatic rings. The van der Waals surface area contributed by atoms with E-state index in [9.17, 15) is 14.4 Å². The number of hydrogen-bond acceptors (Lipinski definition) is 10. The van der Waals surface area contributed by atoms with Gasteiger partial charge < -0.3 is 14.2 Å². The standard InChI is InChI=1S/C13H14N6O6/c1-7(20)23-5-9-3-4-10(25-9)19-13(22)11-12(15-17-19)18(16-14-11)6-24-8(2)21/h3-4,9-10H,5-6H2,1-2H3. The van der Waals surface area contributed by atoms with Crippen LogP contribution in [-0.2, 0) is 30.5 Å². The highest BCUT2D eigenvalue weighted by molar-refractivity contribution is 5.68. The second-order valence-electron chi connectivity index (χ2n) is 5.12. The molecule has 1 aliphatic heterocycles. The number of aromatic nitrogens is 6. The van der Waals surface area contributed by atoms with Crippen molar-refractivity contribution in [3.05, 3.63) is 23.2 Å². The summed E-state index contributed by atoms with van der Waals surface area (Å²) in [5, 5.41) is 15.2. The van der Waals surface area contributed by atoms with Gasteiger partial charge in [-0.3, -0.25) is 14.4 Å². The maximum Gasteiger partial charge on any atom is 0.304 e. The number of rotatable bonds is 5. The topological polar surface area (TPSA) is 140 Å². The van der Waals surface area contributed by atoms with Crippen LogP contribution < -0.4 is 5.56 Å². The average Bonchev–Trinajstić information content (AvgIpc) is 3.18. The Morgan fingerprint density at radius 1 is 1.16 bits per heavy atom. The van der Waals surface area contributed by atoms with E-state index in [4.69, 9.17) is 14.2 Å². The first-order valence-electron chi connectivity index (χ1n) is 7.25. The number of esters is 2. The molecule has 2 aromatic heterocycles. The first kappa shape index (κ1) is 17.0. The molecule has 2 radical (unpaired) electrons. The molecular formula is C13H14N6O6. The van der Waals surface area contributed by atoms with Crippen LogP contribution in [0.3, 0.4) is 0 Å². The van der Waals surface area contributed by atoms with Gasteiger partial charge in [-0.15, -0.1) is 10.2 Å². The summed E-state index contributed by atoms with van der Waals surface area (Å²) in [6.45, 7) is 2.34. The molecular weight excluding hydrogens is 336 g/mol. The van der Waals surface area contributed by atoms with Gasteiger partial charge in [0.2, 0.25) is 11.2 Å². The van der Waals surface area contributed by atoms with Crippen molar-refractivity contribution in [3.8, 4) is 0 Å². The van der Waals surface area contributed by atoms with Gasteiger partial charge in [0.25, 0.3) is 0 Å². The normalized spacial score (nSPS) is 19.9. The molecule has 1 aliphatic rings. The van der Waals surface area contributed by atoms with E-state index in [2.05, 4.69) is 20.6 Å². The van der Waals surface area contributed by atoms with Crippen LogP contribution in [0.5, 0.6) is 0 Å². The Kier molecular flexibility index (Phi) is 4.70. The van der Waals surface area contributed by atoms with Crippen LogP contribution in [-0.4, -0.2) is 54.6 Å². The molecule has 0 N–H and O–H groups in total. The predicted molar refractivity (Wildman–Crippen MR) is 78.3 cm³/mol. The number of ether oxygens (including phenoxy) is 3. The fraction of sp³-hybridized carbons (Fsp3) is 0.462. The number of nitrogens with zero attached hydrogens (tertiary/aromatic N) is 6. The quantitative estimate of drug-likeness (QED) is 0.602. The Hall–Kier alpha value is -2.89. The Morgan fingerprint density at radius 2 is 1.92 bits per heavy atom. The highest BCUT2D eigenvalue weighted by atomic mass is 16.6. The fourth-order valence-electron chi connectivity index (χ4n) is 2.11. The van der Waals surface area contributed by atoms with Crippen molar-refractivity contribution in [2.24, 2.45) is 0 Å². The lowest BCUT2D eigenvalue weighted by molar-refractivity contribution is -0.146. The maximum atomic E-state index is 12.5. The molecule has 1 saturated heterocycles. The largest absolute Gasteiger partial charge is 0.463 e. The molecule has 0 aliphatic carbocycles. The van der Waals surface area contributed by atoms with E-state index in [1.165, 1.54) is 13.8 Å². The average molecular weight is 350 g/mol. The molecule has 25 heavy (non-hydrogen) atoms. The molecule has 3 heterocycles. The monoisotopic (exact) mass is 350 g/mol. The van der Waals surface area contributed by atoms with Crippen molar-refractivity contribution < 1.29 is 23.8 Å². The van der Waals surface area contributed by atoms with Crippen LogP contribution in [0.2, 0.25) is 0 Å². The van der Waals surface area contributed by atoms with Gasteiger partial charge >= 0.3 is 17.5 Å². The van der Waals surface area contributed by atoms with Crippen LogP contribution in [0.25, 0.3) is 11.2 Å². The molecule has 2 atom stereocenters. The molecule has 0 saturated carbocycles. The lowest BCUT2D eigenvalue weighted by Crippen LogP contribution is -2.30. The van der Waals surface area contributed by atoms with Crippen LogP contribution in [0.4, 0.5) is 0 Å². The maximum absolute atomic E-state index is 12.5. The molecule has 3 rings (SSSR count).